The molecule has 0 aromatic heterocycles. The summed E-state index contributed by atoms with van der Waals surface area (Å²) in [5.41, 5.74) is 1.49. The van der Waals surface area contributed by atoms with E-state index in [4.69, 9.17) is 0 Å². The van der Waals surface area contributed by atoms with E-state index in [1.54, 1.807) is 11.0 Å². The fraction of sp³-hybridized carbons (Fsp3) is 0.273. The predicted molar refractivity (Wildman–Crippen MR) is 51.3 cm³/mol. The molecule has 2 heterocycles. The monoisotopic (exact) mass is 187 g/mol. The standard InChI is InChI=1S/C11H9NO2/c13-10-5-7-6-11(14)12(7)9-4-2-1-3-8(9)10/h1-4,7H,5-6H2. The molecule has 1 amide bonds. The SMILES string of the molecule is O=C1CC2CC(=O)N2c2ccccc21. The van der Waals surface area contributed by atoms with Gasteiger partial charge in [0.05, 0.1) is 11.7 Å². The zero-order valence-electron chi connectivity index (χ0n) is 7.56. The molecule has 1 fully saturated rings. The van der Waals surface area contributed by atoms with Crippen LogP contribution in [0.2, 0.25) is 0 Å². The van der Waals surface area contributed by atoms with Gasteiger partial charge in [-0.2, -0.15) is 0 Å². The zero-order chi connectivity index (χ0) is 9.71. The van der Waals surface area contributed by atoms with Crippen molar-refractivity contribution in [3.8, 4) is 0 Å². The Bertz CT molecular complexity index is 439. The van der Waals surface area contributed by atoms with Gasteiger partial charge in [-0.25, -0.2) is 0 Å². The lowest BCUT2D eigenvalue weighted by Crippen LogP contribution is -2.56. The lowest BCUT2D eigenvalue weighted by atomic mass is 9.87. The molecule has 70 valence electrons. The molecule has 1 aromatic rings. The first-order chi connectivity index (χ1) is 6.77. The molecular weight excluding hydrogens is 178 g/mol. The molecule has 1 unspecified atom stereocenters. The highest BCUT2D eigenvalue weighted by Gasteiger charge is 2.43. The number of amides is 1. The summed E-state index contributed by atoms with van der Waals surface area (Å²) in [7, 11) is 0. The van der Waals surface area contributed by atoms with E-state index in [0.29, 0.717) is 18.4 Å². The lowest BCUT2D eigenvalue weighted by Gasteiger charge is -2.43. The van der Waals surface area contributed by atoms with Crippen molar-refractivity contribution in [3.05, 3.63) is 29.8 Å². The summed E-state index contributed by atoms with van der Waals surface area (Å²) in [6.45, 7) is 0. The summed E-state index contributed by atoms with van der Waals surface area (Å²) >= 11 is 0. The average molecular weight is 187 g/mol. The molecule has 1 aromatic carbocycles. The molecule has 3 heteroatoms. The summed E-state index contributed by atoms with van der Waals surface area (Å²) in [4.78, 5) is 24.7. The third kappa shape index (κ3) is 0.816. The Balaban J connectivity index is 2.17. The second-order valence-corrected chi connectivity index (χ2v) is 3.77. The Morgan fingerprint density at radius 2 is 1.93 bits per heavy atom. The van der Waals surface area contributed by atoms with Crippen molar-refractivity contribution in [1.82, 2.24) is 0 Å². The molecular formula is C11H9NO2. The highest BCUT2D eigenvalue weighted by atomic mass is 16.2. The van der Waals surface area contributed by atoms with Crippen LogP contribution < -0.4 is 4.90 Å². The van der Waals surface area contributed by atoms with Gasteiger partial charge in [-0.1, -0.05) is 12.1 Å². The van der Waals surface area contributed by atoms with Crippen molar-refractivity contribution in [3.63, 3.8) is 0 Å². The Labute approximate surface area is 81.3 Å². The average Bonchev–Trinajstić information content (AvgIpc) is 2.16. The Hall–Kier alpha value is -1.64. The number of carbonyl (C=O) groups is 2. The van der Waals surface area contributed by atoms with Crippen molar-refractivity contribution in [2.45, 2.75) is 18.9 Å². The maximum absolute atomic E-state index is 11.6. The van der Waals surface area contributed by atoms with Gasteiger partial charge in [0.2, 0.25) is 5.91 Å². The number of Topliss-reactive ketones (excluding diaryl/α,β-unsaturated/α-hetero) is 1. The van der Waals surface area contributed by atoms with Crippen LogP contribution in [0.3, 0.4) is 0 Å². The molecule has 1 atom stereocenters. The van der Waals surface area contributed by atoms with Gasteiger partial charge >= 0.3 is 0 Å². The van der Waals surface area contributed by atoms with Crippen LogP contribution in [0.15, 0.2) is 24.3 Å². The molecule has 1 saturated heterocycles. The van der Waals surface area contributed by atoms with Gasteiger partial charge in [0.15, 0.2) is 5.78 Å². The van der Waals surface area contributed by atoms with Crippen molar-refractivity contribution < 1.29 is 9.59 Å². The van der Waals surface area contributed by atoms with E-state index in [1.165, 1.54) is 0 Å². The van der Waals surface area contributed by atoms with E-state index in [1.807, 2.05) is 18.2 Å². The van der Waals surface area contributed by atoms with Crippen molar-refractivity contribution in [1.29, 1.82) is 0 Å². The molecule has 3 rings (SSSR count). The van der Waals surface area contributed by atoms with Gasteiger partial charge in [-0.05, 0) is 12.1 Å². The molecule has 0 saturated carbocycles. The lowest BCUT2D eigenvalue weighted by molar-refractivity contribution is -0.124. The van der Waals surface area contributed by atoms with Crippen molar-refractivity contribution >= 4 is 17.4 Å². The summed E-state index contributed by atoms with van der Waals surface area (Å²) in [5, 5.41) is 0. The number of fused-ring (bicyclic) bond motifs is 3. The van der Waals surface area contributed by atoms with Gasteiger partial charge in [-0.3, -0.25) is 9.59 Å². The van der Waals surface area contributed by atoms with Crippen LogP contribution in [0, 0.1) is 0 Å². The van der Waals surface area contributed by atoms with Gasteiger partial charge in [0, 0.05) is 18.4 Å². The summed E-state index contributed by atoms with van der Waals surface area (Å²) in [5.74, 6) is 0.296. The topological polar surface area (TPSA) is 37.4 Å². The van der Waals surface area contributed by atoms with E-state index < -0.39 is 0 Å². The second-order valence-electron chi connectivity index (χ2n) is 3.77. The quantitative estimate of drug-likeness (QED) is 0.575. The molecule has 0 radical (unpaired) electrons. The van der Waals surface area contributed by atoms with Crippen LogP contribution in [0.5, 0.6) is 0 Å². The van der Waals surface area contributed by atoms with Gasteiger partial charge < -0.3 is 4.90 Å². The molecule has 0 bridgehead atoms. The fourth-order valence-electron chi connectivity index (χ4n) is 2.22. The molecule has 3 nitrogen and oxygen atoms in total. The summed E-state index contributed by atoms with van der Waals surface area (Å²) < 4.78 is 0. The number of nitrogens with zero attached hydrogens (tertiary/aromatic N) is 1. The molecule has 2 aliphatic rings. The molecule has 0 aliphatic carbocycles. The number of para-hydroxylation sites is 1. The van der Waals surface area contributed by atoms with Crippen LogP contribution in [0.25, 0.3) is 0 Å². The molecule has 0 N–H and O–H groups in total. The predicted octanol–water partition coefficient (Wildman–Crippen LogP) is 1.38. The van der Waals surface area contributed by atoms with Crippen LogP contribution in [0.4, 0.5) is 5.69 Å². The number of rotatable bonds is 0. The molecule has 2 aliphatic heterocycles. The second kappa shape index (κ2) is 2.44. The van der Waals surface area contributed by atoms with Crippen LogP contribution in [0.1, 0.15) is 23.2 Å². The highest BCUT2D eigenvalue weighted by Crippen LogP contribution is 2.37. The normalized spacial score (nSPS) is 24.0. The number of anilines is 1. The molecule has 14 heavy (non-hydrogen) atoms. The summed E-state index contributed by atoms with van der Waals surface area (Å²) in [6.07, 6.45) is 1.02. The number of carbonyl (C=O) groups excluding carboxylic acids is 2. The smallest absolute Gasteiger partial charge is 0.229 e. The van der Waals surface area contributed by atoms with E-state index in [2.05, 4.69) is 0 Å². The number of ketones is 1. The minimum atomic E-state index is 0.130. The van der Waals surface area contributed by atoms with E-state index in [9.17, 15) is 9.59 Å². The van der Waals surface area contributed by atoms with Gasteiger partial charge in [0.1, 0.15) is 0 Å². The Morgan fingerprint density at radius 1 is 1.14 bits per heavy atom. The Kier molecular flexibility index (Phi) is 1.35. The first-order valence-corrected chi connectivity index (χ1v) is 4.71. The summed E-state index contributed by atoms with van der Waals surface area (Å²) in [6, 6.07) is 7.46. The van der Waals surface area contributed by atoms with Crippen LogP contribution in [-0.4, -0.2) is 17.7 Å². The van der Waals surface area contributed by atoms with Crippen molar-refractivity contribution in [2.24, 2.45) is 0 Å². The number of hydrogen-bond donors (Lipinski definition) is 0. The number of hydrogen-bond acceptors (Lipinski definition) is 2. The van der Waals surface area contributed by atoms with Gasteiger partial charge in [0.25, 0.3) is 0 Å². The molecule has 0 spiro atoms. The van der Waals surface area contributed by atoms with E-state index >= 15 is 0 Å². The van der Waals surface area contributed by atoms with Crippen molar-refractivity contribution in [2.75, 3.05) is 4.90 Å². The van der Waals surface area contributed by atoms with Gasteiger partial charge in [-0.15, -0.1) is 0 Å². The highest BCUT2D eigenvalue weighted by molar-refractivity contribution is 6.13. The first kappa shape index (κ1) is 7.74. The first-order valence-electron chi connectivity index (χ1n) is 4.71. The fourth-order valence-corrected chi connectivity index (χ4v) is 2.22. The number of benzene rings is 1. The number of β-lactam (4-membered cyclic amide) rings is 1. The van der Waals surface area contributed by atoms with Crippen LogP contribution >= 0.6 is 0 Å². The minimum Gasteiger partial charge on any atom is -0.308 e. The third-order valence-corrected chi connectivity index (χ3v) is 2.93. The van der Waals surface area contributed by atoms with Crippen LogP contribution in [-0.2, 0) is 4.79 Å². The maximum Gasteiger partial charge on any atom is 0.229 e. The Morgan fingerprint density at radius 3 is 2.71 bits per heavy atom. The largest absolute Gasteiger partial charge is 0.308 e. The third-order valence-electron chi connectivity index (χ3n) is 2.93. The maximum atomic E-state index is 11.6. The van der Waals surface area contributed by atoms with E-state index in [0.717, 1.165) is 5.69 Å². The van der Waals surface area contributed by atoms with E-state index in [-0.39, 0.29) is 17.7 Å². The minimum absolute atomic E-state index is 0.130. The zero-order valence-corrected chi connectivity index (χ0v) is 7.56.